The van der Waals surface area contributed by atoms with Crippen molar-refractivity contribution in [2.45, 2.75) is 18.5 Å². The van der Waals surface area contributed by atoms with Crippen LogP contribution in [-0.4, -0.2) is 49.1 Å². The monoisotopic (exact) mass is 178 g/mol. The Morgan fingerprint density at radius 1 is 1.00 bits per heavy atom. The molecule has 0 aromatic rings. The molecule has 0 spiro atoms. The van der Waals surface area contributed by atoms with Crippen LogP contribution in [0.5, 0.6) is 0 Å². The van der Waals surface area contributed by atoms with Crippen LogP contribution in [0.1, 0.15) is 6.42 Å². The average molecular weight is 178 g/mol. The van der Waals surface area contributed by atoms with Crippen molar-refractivity contribution in [3.63, 3.8) is 0 Å². The quantitative estimate of drug-likeness (QED) is 0.555. The van der Waals surface area contributed by atoms with Gasteiger partial charge in [0.15, 0.2) is 0 Å². The molecule has 2 aliphatic heterocycles. The van der Waals surface area contributed by atoms with Crippen molar-refractivity contribution in [1.29, 1.82) is 0 Å². The van der Waals surface area contributed by atoms with Gasteiger partial charge in [0.1, 0.15) is 0 Å². The Labute approximate surface area is 80.5 Å². The smallest absolute Gasteiger partial charge is 0.0437 e. The zero-order valence-electron chi connectivity index (χ0n) is 8.48. The normalized spacial score (nSPS) is 35.8. The Bertz CT molecular complexity index is 232. The molecule has 2 heteroatoms. The predicted molar refractivity (Wildman–Crippen MR) is 55.7 cm³/mol. The van der Waals surface area contributed by atoms with Crippen molar-refractivity contribution in [3.8, 4) is 0 Å². The Morgan fingerprint density at radius 3 is 2.38 bits per heavy atom. The van der Waals surface area contributed by atoms with E-state index in [9.17, 15) is 0 Å². The molecule has 0 amide bonds. The van der Waals surface area contributed by atoms with Gasteiger partial charge in [-0.1, -0.05) is 24.3 Å². The van der Waals surface area contributed by atoms with Crippen LogP contribution in [0.15, 0.2) is 24.3 Å². The Balaban J connectivity index is 2.06. The van der Waals surface area contributed by atoms with E-state index in [0.717, 1.165) is 13.1 Å². The molecule has 0 fully saturated rings. The summed E-state index contributed by atoms with van der Waals surface area (Å²) in [4.78, 5) is 4.86. The van der Waals surface area contributed by atoms with Crippen molar-refractivity contribution >= 4 is 0 Å². The molecule has 0 aliphatic carbocycles. The lowest BCUT2D eigenvalue weighted by Crippen LogP contribution is -2.47. The summed E-state index contributed by atoms with van der Waals surface area (Å²) >= 11 is 0. The second-order valence-electron chi connectivity index (χ2n) is 4.07. The molecule has 2 atom stereocenters. The zero-order valence-corrected chi connectivity index (χ0v) is 8.48. The molecule has 0 aromatic carbocycles. The van der Waals surface area contributed by atoms with Crippen molar-refractivity contribution in [2.75, 3.05) is 27.2 Å². The Kier molecular flexibility index (Phi) is 2.51. The summed E-state index contributed by atoms with van der Waals surface area (Å²) in [6.45, 7) is 2.21. The summed E-state index contributed by atoms with van der Waals surface area (Å²) in [7, 11) is 4.42. The van der Waals surface area contributed by atoms with Crippen LogP contribution < -0.4 is 0 Å². The molecule has 0 N–H and O–H groups in total. The van der Waals surface area contributed by atoms with Gasteiger partial charge in [-0.05, 0) is 20.5 Å². The van der Waals surface area contributed by atoms with E-state index in [1.807, 2.05) is 0 Å². The van der Waals surface area contributed by atoms with Gasteiger partial charge in [0.05, 0.1) is 0 Å². The number of hydrogen-bond acceptors (Lipinski definition) is 2. The number of likely N-dealkylation sites (N-methyl/N-ethyl adjacent to an activating group) is 2. The highest BCUT2D eigenvalue weighted by molar-refractivity contribution is 5.11. The maximum Gasteiger partial charge on any atom is 0.0437 e. The summed E-state index contributed by atoms with van der Waals surface area (Å²) in [5.74, 6) is 0. The first kappa shape index (κ1) is 8.97. The molecular weight excluding hydrogens is 160 g/mol. The first-order valence-electron chi connectivity index (χ1n) is 5.01. The Morgan fingerprint density at radius 2 is 1.77 bits per heavy atom. The molecule has 2 aliphatic rings. The average Bonchev–Trinajstić information content (AvgIpc) is 2.52. The second kappa shape index (κ2) is 3.64. The van der Waals surface area contributed by atoms with Gasteiger partial charge in [0.2, 0.25) is 0 Å². The largest absolute Gasteiger partial charge is 0.298 e. The molecule has 13 heavy (non-hydrogen) atoms. The molecule has 2 rings (SSSR count). The van der Waals surface area contributed by atoms with E-state index in [4.69, 9.17) is 0 Å². The van der Waals surface area contributed by atoms with E-state index in [1.165, 1.54) is 6.42 Å². The van der Waals surface area contributed by atoms with Crippen LogP contribution in [0, 0.1) is 0 Å². The zero-order chi connectivity index (χ0) is 9.26. The maximum absolute atomic E-state index is 2.44. The van der Waals surface area contributed by atoms with Crippen LogP contribution in [0.4, 0.5) is 0 Å². The standard InChI is InChI=1S/C11H18N2/c1-12-8-4-3-6-10(12)11-7-5-9-13(11)2/h3-5,7,10-11H,6,8-9H2,1-2H3. The summed E-state index contributed by atoms with van der Waals surface area (Å²) in [6, 6.07) is 1.30. The van der Waals surface area contributed by atoms with Crippen molar-refractivity contribution in [2.24, 2.45) is 0 Å². The van der Waals surface area contributed by atoms with Gasteiger partial charge in [-0.15, -0.1) is 0 Å². The summed E-state index contributed by atoms with van der Waals surface area (Å²) in [6.07, 6.45) is 10.4. The first-order chi connectivity index (χ1) is 6.29. The highest BCUT2D eigenvalue weighted by Gasteiger charge is 2.28. The molecule has 0 aromatic heterocycles. The van der Waals surface area contributed by atoms with E-state index in [0.29, 0.717) is 12.1 Å². The number of nitrogens with zero attached hydrogens (tertiary/aromatic N) is 2. The second-order valence-corrected chi connectivity index (χ2v) is 4.07. The summed E-state index contributed by atoms with van der Waals surface area (Å²) in [5.41, 5.74) is 0. The van der Waals surface area contributed by atoms with E-state index in [-0.39, 0.29) is 0 Å². The minimum absolute atomic E-state index is 0.620. The lowest BCUT2D eigenvalue weighted by Gasteiger charge is -2.36. The SMILES string of the molecule is CN1CC=CC1C1CC=CCN1C. The predicted octanol–water partition coefficient (Wildman–Crippen LogP) is 1.12. The third-order valence-corrected chi connectivity index (χ3v) is 3.13. The fourth-order valence-electron chi connectivity index (χ4n) is 2.25. The van der Waals surface area contributed by atoms with Crippen molar-refractivity contribution < 1.29 is 0 Å². The topological polar surface area (TPSA) is 6.48 Å². The van der Waals surface area contributed by atoms with E-state index < -0.39 is 0 Å². The van der Waals surface area contributed by atoms with Crippen LogP contribution in [-0.2, 0) is 0 Å². The van der Waals surface area contributed by atoms with Crippen LogP contribution in [0.2, 0.25) is 0 Å². The van der Waals surface area contributed by atoms with Gasteiger partial charge < -0.3 is 0 Å². The maximum atomic E-state index is 2.44. The molecule has 0 radical (unpaired) electrons. The van der Waals surface area contributed by atoms with Crippen molar-refractivity contribution in [1.82, 2.24) is 9.80 Å². The molecule has 2 heterocycles. The molecule has 0 bridgehead atoms. The molecule has 2 unspecified atom stereocenters. The molecule has 0 saturated heterocycles. The van der Waals surface area contributed by atoms with Gasteiger partial charge in [-0.2, -0.15) is 0 Å². The first-order valence-corrected chi connectivity index (χ1v) is 5.01. The van der Waals surface area contributed by atoms with Crippen molar-refractivity contribution in [3.05, 3.63) is 24.3 Å². The van der Waals surface area contributed by atoms with Crippen LogP contribution in [0.25, 0.3) is 0 Å². The van der Waals surface area contributed by atoms with Gasteiger partial charge in [-0.25, -0.2) is 0 Å². The molecule has 0 saturated carbocycles. The minimum Gasteiger partial charge on any atom is -0.298 e. The number of hydrogen-bond donors (Lipinski definition) is 0. The molecule has 72 valence electrons. The third-order valence-electron chi connectivity index (χ3n) is 3.13. The summed E-state index contributed by atoms with van der Waals surface area (Å²) in [5, 5.41) is 0. The summed E-state index contributed by atoms with van der Waals surface area (Å²) < 4.78 is 0. The minimum atomic E-state index is 0.620. The van der Waals surface area contributed by atoms with Gasteiger partial charge in [0, 0.05) is 25.2 Å². The highest BCUT2D eigenvalue weighted by atomic mass is 15.2. The molecule has 2 nitrogen and oxygen atoms in total. The lowest BCUT2D eigenvalue weighted by atomic mass is 10.0. The van der Waals surface area contributed by atoms with E-state index in [1.54, 1.807) is 0 Å². The van der Waals surface area contributed by atoms with Crippen LogP contribution in [0.3, 0.4) is 0 Å². The van der Waals surface area contributed by atoms with Gasteiger partial charge >= 0.3 is 0 Å². The molecular formula is C11H18N2. The van der Waals surface area contributed by atoms with E-state index >= 15 is 0 Å². The number of rotatable bonds is 1. The fourth-order valence-corrected chi connectivity index (χ4v) is 2.25. The van der Waals surface area contributed by atoms with Gasteiger partial charge in [0.25, 0.3) is 0 Å². The van der Waals surface area contributed by atoms with Gasteiger partial charge in [-0.3, -0.25) is 9.80 Å². The van der Waals surface area contributed by atoms with E-state index in [2.05, 4.69) is 48.2 Å². The lowest BCUT2D eigenvalue weighted by molar-refractivity contribution is 0.163. The van der Waals surface area contributed by atoms with Crippen LogP contribution >= 0.6 is 0 Å². The highest BCUT2D eigenvalue weighted by Crippen LogP contribution is 2.20. The fraction of sp³-hybridized carbons (Fsp3) is 0.636. The third kappa shape index (κ3) is 1.69. The Hall–Kier alpha value is -0.600.